The maximum absolute atomic E-state index is 11.7. The van der Waals surface area contributed by atoms with Crippen molar-refractivity contribution in [3.8, 4) is 0 Å². The first-order valence-corrected chi connectivity index (χ1v) is 11.5. The number of carbonyl (C=O) groups excluding carboxylic acids is 1. The molecule has 2 aromatic heterocycles. The molecule has 9 heteroatoms. The van der Waals surface area contributed by atoms with Crippen LogP contribution in [0.3, 0.4) is 0 Å². The van der Waals surface area contributed by atoms with Gasteiger partial charge in [-0.15, -0.1) is 0 Å². The summed E-state index contributed by atoms with van der Waals surface area (Å²) in [6.45, 7) is 2.43. The highest BCUT2D eigenvalue weighted by Crippen LogP contribution is 2.22. The maximum Gasteiger partial charge on any atom is 0.337 e. The Balaban J connectivity index is 1.78. The van der Waals surface area contributed by atoms with Crippen LogP contribution in [0, 0.1) is 0 Å². The maximum atomic E-state index is 11.7. The van der Waals surface area contributed by atoms with E-state index in [-0.39, 0.29) is 19.1 Å². The molecule has 0 bridgehead atoms. The van der Waals surface area contributed by atoms with Crippen LogP contribution in [0.5, 0.6) is 0 Å². The van der Waals surface area contributed by atoms with E-state index in [9.17, 15) is 15.0 Å². The van der Waals surface area contributed by atoms with Crippen molar-refractivity contribution < 1.29 is 19.7 Å². The minimum absolute atomic E-state index is 0.0772. The number of aliphatic hydroxyl groups excluding tert-OH is 2. The van der Waals surface area contributed by atoms with Crippen LogP contribution in [-0.4, -0.2) is 57.3 Å². The zero-order valence-electron chi connectivity index (χ0n) is 18.9. The van der Waals surface area contributed by atoms with Crippen LogP contribution >= 0.6 is 23.2 Å². The summed E-state index contributed by atoms with van der Waals surface area (Å²) in [6.07, 6.45) is -1.21. The molecule has 0 unspecified atom stereocenters. The second kappa shape index (κ2) is 12.2. The summed E-state index contributed by atoms with van der Waals surface area (Å²) in [5.74, 6) is -0.393. The number of hydrogen-bond donors (Lipinski definition) is 2. The lowest BCUT2D eigenvalue weighted by molar-refractivity contribution is 0.0452. The summed E-state index contributed by atoms with van der Waals surface area (Å²) in [5, 5.41) is 22.3. The molecule has 0 aliphatic carbocycles. The van der Waals surface area contributed by atoms with E-state index in [0.717, 1.165) is 5.56 Å². The Morgan fingerprint density at radius 3 is 1.85 bits per heavy atom. The molecule has 180 valence electrons. The Labute approximate surface area is 208 Å². The Bertz CT molecular complexity index is 1040. The van der Waals surface area contributed by atoms with E-state index < -0.39 is 18.2 Å². The molecule has 1 aromatic carbocycles. The normalized spacial score (nSPS) is 14.0. The molecule has 0 spiro atoms. The fourth-order valence-corrected chi connectivity index (χ4v) is 3.99. The van der Waals surface area contributed by atoms with E-state index in [1.165, 1.54) is 7.11 Å². The number of aromatic nitrogens is 2. The Kier molecular flexibility index (Phi) is 9.38. The minimum atomic E-state index is -0.914. The van der Waals surface area contributed by atoms with Gasteiger partial charge in [-0.1, -0.05) is 47.5 Å². The lowest BCUT2D eigenvalue weighted by atomic mass is 10.0. The lowest BCUT2D eigenvalue weighted by Gasteiger charge is -2.32. The number of methoxy groups -OCH3 is 1. The van der Waals surface area contributed by atoms with Gasteiger partial charge in [-0.25, -0.2) is 14.8 Å². The van der Waals surface area contributed by atoms with Crippen LogP contribution < -0.4 is 0 Å². The van der Waals surface area contributed by atoms with Gasteiger partial charge in [0.2, 0.25) is 0 Å². The minimum Gasteiger partial charge on any atom is -0.465 e. The average molecular weight is 504 g/mol. The predicted octanol–water partition coefficient (Wildman–Crippen LogP) is 4.27. The first-order valence-electron chi connectivity index (χ1n) is 10.8. The van der Waals surface area contributed by atoms with Gasteiger partial charge >= 0.3 is 5.97 Å². The van der Waals surface area contributed by atoms with Crippen molar-refractivity contribution in [2.45, 2.75) is 31.6 Å². The number of halogens is 2. The second-order valence-corrected chi connectivity index (χ2v) is 8.77. The molecule has 3 rings (SSSR count). The zero-order valence-corrected chi connectivity index (χ0v) is 20.4. The number of benzene rings is 1. The summed E-state index contributed by atoms with van der Waals surface area (Å²) in [5.41, 5.74) is 2.36. The van der Waals surface area contributed by atoms with Crippen molar-refractivity contribution in [2.24, 2.45) is 0 Å². The number of carbonyl (C=O) groups is 1. The van der Waals surface area contributed by atoms with Crippen molar-refractivity contribution in [3.05, 3.63) is 93.5 Å². The molecule has 3 atom stereocenters. The van der Waals surface area contributed by atoms with Crippen LogP contribution in [0.4, 0.5) is 0 Å². The first-order chi connectivity index (χ1) is 16.3. The molecule has 7 nitrogen and oxygen atoms in total. The molecule has 2 heterocycles. The zero-order chi connectivity index (χ0) is 24.7. The number of esters is 1. The molecular weight excluding hydrogens is 477 g/mol. The van der Waals surface area contributed by atoms with E-state index in [1.54, 1.807) is 48.5 Å². The van der Waals surface area contributed by atoms with Crippen LogP contribution in [0.2, 0.25) is 10.3 Å². The molecule has 34 heavy (non-hydrogen) atoms. The van der Waals surface area contributed by atoms with Gasteiger partial charge in [0.25, 0.3) is 0 Å². The average Bonchev–Trinajstić information content (AvgIpc) is 2.83. The Morgan fingerprint density at radius 1 is 0.912 bits per heavy atom. The highest BCUT2D eigenvalue weighted by molar-refractivity contribution is 6.29. The quantitative estimate of drug-likeness (QED) is 0.315. The largest absolute Gasteiger partial charge is 0.465 e. The fourth-order valence-electron chi connectivity index (χ4n) is 3.65. The van der Waals surface area contributed by atoms with Gasteiger partial charge in [0.05, 0.1) is 24.1 Å². The molecule has 0 saturated carbocycles. The van der Waals surface area contributed by atoms with E-state index in [4.69, 9.17) is 27.9 Å². The summed E-state index contributed by atoms with van der Waals surface area (Å²) in [6, 6.07) is 17.3. The molecule has 2 N–H and O–H groups in total. The number of hydrogen-bond acceptors (Lipinski definition) is 7. The highest BCUT2D eigenvalue weighted by Gasteiger charge is 2.24. The lowest BCUT2D eigenvalue weighted by Crippen LogP contribution is -2.40. The number of ether oxygens (including phenoxy) is 1. The van der Waals surface area contributed by atoms with Gasteiger partial charge in [0.15, 0.2) is 0 Å². The van der Waals surface area contributed by atoms with Gasteiger partial charge in [-0.3, -0.25) is 4.90 Å². The van der Waals surface area contributed by atoms with Gasteiger partial charge in [-0.05, 0) is 55.3 Å². The smallest absolute Gasteiger partial charge is 0.337 e. The van der Waals surface area contributed by atoms with Gasteiger partial charge in [-0.2, -0.15) is 0 Å². The molecule has 0 amide bonds. The van der Waals surface area contributed by atoms with Gasteiger partial charge in [0.1, 0.15) is 22.5 Å². The van der Waals surface area contributed by atoms with E-state index >= 15 is 0 Å². The Morgan fingerprint density at radius 2 is 1.41 bits per heavy atom. The van der Waals surface area contributed by atoms with Gasteiger partial charge in [0, 0.05) is 19.1 Å². The molecule has 0 aliphatic rings. The van der Waals surface area contributed by atoms with Crippen molar-refractivity contribution in [1.29, 1.82) is 0 Å². The number of aliphatic hydroxyl groups is 2. The standard InChI is InChI=1S/C25H27Cl2N3O4/c1-16(13-17-9-11-18(12-10-17)25(33)34-2)30(14-21(31)19-5-3-7-23(26)28-19)15-22(32)20-6-4-8-24(27)29-20/h3-12,16,21-22,31-32H,13-15H2,1-2H3/t16-,21+,22+/m1/s1. The molecule has 0 fully saturated rings. The van der Waals surface area contributed by atoms with E-state index in [2.05, 4.69) is 9.97 Å². The molecule has 0 aliphatic heterocycles. The van der Waals surface area contributed by atoms with Crippen molar-refractivity contribution >= 4 is 29.2 Å². The predicted molar refractivity (Wildman–Crippen MR) is 131 cm³/mol. The van der Waals surface area contributed by atoms with Crippen molar-refractivity contribution in [2.75, 3.05) is 20.2 Å². The van der Waals surface area contributed by atoms with Gasteiger partial charge < -0.3 is 14.9 Å². The molecule has 0 radical (unpaired) electrons. The monoisotopic (exact) mass is 503 g/mol. The molecule has 0 saturated heterocycles. The summed E-state index contributed by atoms with van der Waals surface area (Å²) < 4.78 is 4.75. The van der Waals surface area contributed by atoms with Crippen LogP contribution in [0.25, 0.3) is 0 Å². The topological polar surface area (TPSA) is 95.8 Å². The third-order valence-corrected chi connectivity index (χ3v) is 5.92. The van der Waals surface area contributed by atoms with Crippen LogP contribution in [0.15, 0.2) is 60.7 Å². The second-order valence-electron chi connectivity index (χ2n) is 8.00. The van der Waals surface area contributed by atoms with E-state index in [0.29, 0.717) is 33.7 Å². The number of rotatable bonds is 10. The summed E-state index contributed by atoms with van der Waals surface area (Å²) in [7, 11) is 1.34. The molecule has 3 aromatic rings. The summed E-state index contributed by atoms with van der Waals surface area (Å²) >= 11 is 12.0. The third kappa shape index (κ3) is 7.22. The van der Waals surface area contributed by atoms with E-state index in [1.807, 2.05) is 24.0 Å². The van der Waals surface area contributed by atoms with Crippen LogP contribution in [0.1, 0.15) is 46.4 Å². The van der Waals surface area contributed by atoms with Crippen molar-refractivity contribution in [3.63, 3.8) is 0 Å². The summed E-state index contributed by atoms with van der Waals surface area (Å²) in [4.78, 5) is 22.1. The highest BCUT2D eigenvalue weighted by atomic mass is 35.5. The van der Waals surface area contributed by atoms with Crippen LogP contribution in [-0.2, 0) is 11.2 Å². The molecular formula is C25H27Cl2N3O4. The Hall–Kier alpha value is -2.55. The fraction of sp³-hybridized carbons (Fsp3) is 0.320. The third-order valence-electron chi connectivity index (χ3n) is 5.50. The SMILES string of the molecule is COC(=O)c1ccc(C[C@@H](C)N(C[C@H](O)c2cccc(Cl)n2)C[C@H](O)c2cccc(Cl)n2)cc1. The first kappa shape index (κ1) is 26.1. The van der Waals surface area contributed by atoms with Crippen molar-refractivity contribution in [1.82, 2.24) is 14.9 Å². The number of pyridine rings is 2. The number of nitrogens with zero attached hydrogens (tertiary/aromatic N) is 3.